The van der Waals surface area contributed by atoms with Crippen LogP contribution in [0.15, 0.2) is 24.3 Å². The molecule has 17 heavy (non-hydrogen) atoms. The van der Waals surface area contributed by atoms with Gasteiger partial charge in [-0.25, -0.2) is 0 Å². The first-order valence-corrected chi connectivity index (χ1v) is 6.34. The zero-order valence-corrected chi connectivity index (χ0v) is 10.8. The number of benzene rings is 1. The van der Waals surface area contributed by atoms with Crippen molar-refractivity contribution >= 4 is 5.69 Å². The van der Waals surface area contributed by atoms with Crippen LogP contribution in [-0.2, 0) is 0 Å². The molecule has 0 aliphatic carbocycles. The topological polar surface area (TPSA) is 26.7 Å². The standard InChI is InChI=1S/C14H22N2O/c1-15(2)11-12-7-9-16(10-8-12)13-3-5-14(17)6-4-13/h3-6,12,17H,7-11H2,1-2H3. The summed E-state index contributed by atoms with van der Waals surface area (Å²) in [5.74, 6) is 1.18. The molecule has 0 unspecified atom stereocenters. The van der Waals surface area contributed by atoms with Gasteiger partial charge in [-0.05, 0) is 57.1 Å². The molecule has 0 radical (unpaired) electrons. The van der Waals surface area contributed by atoms with E-state index in [1.165, 1.54) is 25.1 Å². The van der Waals surface area contributed by atoms with E-state index in [4.69, 9.17) is 0 Å². The number of nitrogens with zero attached hydrogens (tertiary/aromatic N) is 2. The van der Waals surface area contributed by atoms with Gasteiger partial charge < -0.3 is 14.9 Å². The lowest BCUT2D eigenvalue weighted by Gasteiger charge is -2.34. The maximum atomic E-state index is 9.27. The van der Waals surface area contributed by atoms with E-state index in [9.17, 15) is 5.11 Å². The normalized spacial score (nSPS) is 17.7. The van der Waals surface area contributed by atoms with Crippen molar-refractivity contribution in [1.29, 1.82) is 0 Å². The minimum absolute atomic E-state index is 0.344. The van der Waals surface area contributed by atoms with E-state index in [0.717, 1.165) is 19.0 Å². The fraction of sp³-hybridized carbons (Fsp3) is 0.571. The van der Waals surface area contributed by atoms with Gasteiger partial charge in [0, 0.05) is 25.3 Å². The Morgan fingerprint density at radius 2 is 1.76 bits per heavy atom. The van der Waals surface area contributed by atoms with Crippen molar-refractivity contribution in [2.24, 2.45) is 5.92 Å². The number of anilines is 1. The molecule has 1 aliphatic heterocycles. The molecule has 0 amide bonds. The molecule has 1 saturated heterocycles. The lowest BCUT2D eigenvalue weighted by molar-refractivity contribution is 0.285. The third-order valence-corrected chi connectivity index (χ3v) is 3.45. The van der Waals surface area contributed by atoms with Crippen LogP contribution in [0.4, 0.5) is 5.69 Å². The molecule has 3 heteroatoms. The van der Waals surface area contributed by atoms with Crippen molar-refractivity contribution in [1.82, 2.24) is 4.90 Å². The molecular weight excluding hydrogens is 212 g/mol. The first-order chi connectivity index (χ1) is 8.15. The summed E-state index contributed by atoms with van der Waals surface area (Å²) in [5, 5.41) is 9.27. The molecule has 1 aliphatic rings. The van der Waals surface area contributed by atoms with Crippen LogP contribution in [0.1, 0.15) is 12.8 Å². The number of phenols is 1. The summed E-state index contributed by atoms with van der Waals surface area (Å²) in [6, 6.07) is 7.53. The largest absolute Gasteiger partial charge is 0.508 e. The highest BCUT2D eigenvalue weighted by Gasteiger charge is 2.19. The average molecular weight is 234 g/mol. The van der Waals surface area contributed by atoms with Crippen molar-refractivity contribution < 1.29 is 5.11 Å². The van der Waals surface area contributed by atoms with Crippen LogP contribution >= 0.6 is 0 Å². The maximum Gasteiger partial charge on any atom is 0.115 e. The molecule has 0 spiro atoms. The number of rotatable bonds is 3. The third-order valence-electron chi connectivity index (χ3n) is 3.45. The Labute approximate surface area is 104 Å². The van der Waals surface area contributed by atoms with E-state index in [1.807, 2.05) is 12.1 Å². The molecular formula is C14H22N2O. The number of hydrogen-bond acceptors (Lipinski definition) is 3. The summed E-state index contributed by atoms with van der Waals surface area (Å²) in [5.41, 5.74) is 1.23. The molecule has 94 valence electrons. The van der Waals surface area contributed by atoms with Crippen LogP contribution in [0.2, 0.25) is 0 Å². The Morgan fingerprint density at radius 3 is 2.29 bits per heavy atom. The van der Waals surface area contributed by atoms with Crippen LogP contribution in [0, 0.1) is 5.92 Å². The highest BCUT2D eigenvalue weighted by atomic mass is 16.3. The second kappa shape index (κ2) is 5.41. The Bertz CT molecular complexity index is 340. The predicted molar refractivity (Wildman–Crippen MR) is 71.6 cm³/mol. The maximum absolute atomic E-state index is 9.27. The van der Waals surface area contributed by atoms with Gasteiger partial charge in [-0.1, -0.05) is 0 Å². The van der Waals surface area contributed by atoms with Crippen LogP contribution < -0.4 is 4.90 Å². The molecule has 1 aromatic rings. The minimum atomic E-state index is 0.344. The second-order valence-corrected chi connectivity index (χ2v) is 5.21. The van der Waals surface area contributed by atoms with E-state index >= 15 is 0 Å². The fourth-order valence-electron chi connectivity index (χ4n) is 2.55. The van der Waals surface area contributed by atoms with Gasteiger partial charge >= 0.3 is 0 Å². The van der Waals surface area contributed by atoms with Crippen LogP contribution in [0.25, 0.3) is 0 Å². The zero-order chi connectivity index (χ0) is 12.3. The highest BCUT2D eigenvalue weighted by Crippen LogP contribution is 2.24. The summed E-state index contributed by atoms with van der Waals surface area (Å²) >= 11 is 0. The van der Waals surface area contributed by atoms with Crippen molar-refractivity contribution in [3.8, 4) is 5.75 Å². The van der Waals surface area contributed by atoms with E-state index in [1.54, 1.807) is 12.1 Å². The monoisotopic (exact) mass is 234 g/mol. The summed E-state index contributed by atoms with van der Waals surface area (Å²) in [6.07, 6.45) is 2.53. The van der Waals surface area contributed by atoms with E-state index in [-0.39, 0.29) is 0 Å². The smallest absolute Gasteiger partial charge is 0.115 e. The van der Waals surface area contributed by atoms with E-state index in [2.05, 4.69) is 23.9 Å². The summed E-state index contributed by atoms with van der Waals surface area (Å²) in [4.78, 5) is 4.69. The average Bonchev–Trinajstić information content (AvgIpc) is 2.30. The fourth-order valence-corrected chi connectivity index (χ4v) is 2.55. The number of hydrogen-bond donors (Lipinski definition) is 1. The molecule has 0 atom stereocenters. The molecule has 0 bridgehead atoms. The van der Waals surface area contributed by atoms with Crippen molar-refractivity contribution in [2.45, 2.75) is 12.8 Å². The quantitative estimate of drug-likeness (QED) is 0.868. The SMILES string of the molecule is CN(C)CC1CCN(c2ccc(O)cc2)CC1. The summed E-state index contributed by atoms with van der Waals surface area (Å²) in [7, 11) is 4.29. The molecule has 2 rings (SSSR count). The highest BCUT2D eigenvalue weighted by molar-refractivity contribution is 5.49. The van der Waals surface area contributed by atoms with Gasteiger partial charge in [0.05, 0.1) is 0 Å². The van der Waals surface area contributed by atoms with Gasteiger partial charge in [-0.2, -0.15) is 0 Å². The lowest BCUT2D eigenvalue weighted by atomic mass is 9.96. The molecule has 1 aromatic carbocycles. The zero-order valence-electron chi connectivity index (χ0n) is 10.8. The van der Waals surface area contributed by atoms with E-state index < -0.39 is 0 Å². The van der Waals surface area contributed by atoms with E-state index in [0.29, 0.717) is 5.75 Å². The van der Waals surface area contributed by atoms with Crippen LogP contribution in [-0.4, -0.2) is 43.7 Å². The Hall–Kier alpha value is -1.22. The Balaban J connectivity index is 1.88. The third kappa shape index (κ3) is 3.37. The second-order valence-electron chi connectivity index (χ2n) is 5.21. The summed E-state index contributed by atoms with van der Waals surface area (Å²) < 4.78 is 0. The number of phenolic OH excluding ortho intramolecular Hbond substituents is 1. The van der Waals surface area contributed by atoms with Gasteiger partial charge in [0.25, 0.3) is 0 Å². The van der Waals surface area contributed by atoms with Crippen molar-refractivity contribution in [3.63, 3.8) is 0 Å². The van der Waals surface area contributed by atoms with Crippen molar-refractivity contribution in [3.05, 3.63) is 24.3 Å². The Morgan fingerprint density at radius 1 is 1.18 bits per heavy atom. The minimum Gasteiger partial charge on any atom is -0.508 e. The van der Waals surface area contributed by atoms with Gasteiger partial charge in [0.15, 0.2) is 0 Å². The summed E-state index contributed by atoms with van der Waals surface area (Å²) in [6.45, 7) is 3.45. The first kappa shape index (κ1) is 12.2. The molecule has 0 saturated carbocycles. The number of piperidine rings is 1. The van der Waals surface area contributed by atoms with Crippen LogP contribution in [0.3, 0.4) is 0 Å². The molecule has 0 aromatic heterocycles. The van der Waals surface area contributed by atoms with Gasteiger partial charge in [-0.3, -0.25) is 0 Å². The van der Waals surface area contributed by atoms with Gasteiger partial charge in [-0.15, -0.1) is 0 Å². The lowest BCUT2D eigenvalue weighted by Crippen LogP contribution is -2.37. The molecule has 1 fully saturated rings. The molecule has 1 N–H and O–H groups in total. The first-order valence-electron chi connectivity index (χ1n) is 6.34. The molecule has 1 heterocycles. The Kier molecular flexibility index (Phi) is 3.89. The predicted octanol–water partition coefficient (Wildman–Crippen LogP) is 2.17. The number of aromatic hydroxyl groups is 1. The molecule has 3 nitrogen and oxygen atoms in total. The van der Waals surface area contributed by atoms with Gasteiger partial charge in [0.1, 0.15) is 5.75 Å². The van der Waals surface area contributed by atoms with Crippen molar-refractivity contribution in [2.75, 3.05) is 38.6 Å². The van der Waals surface area contributed by atoms with Crippen LogP contribution in [0.5, 0.6) is 5.75 Å². The van der Waals surface area contributed by atoms with Gasteiger partial charge in [0.2, 0.25) is 0 Å².